The minimum absolute atomic E-state index is 0.458. The summed E-state index contributed by atoms with van der Waals surface area (Å²) in [6.45, 7) is 3.93. The van der Waals surface area contributed by atoms with Gasteiger partial charge in [-0.1, -0.05) is 24.3 Å². The first-order valence-corrected chi connectivity index (χ1v) is 8.12. The summed E-state index contributed by atoms with van der Waals surface area (Å²) in [7, 11) is -1.15. The van der Waals surface area contributed by atoms with E-state index < -0.39 is 10.8 Å². The first kappa shape index (κ1) is 13.9. The normalized spacial score (nSPS) is 12.5. The Balaban J connectivity index is 1.98. The number of hydrogen-bond donors (Lipinski definition) is 0. The van der Waals surface area contributed by atoms with Gasteiger partial charge in [0.2, 0.25) is 0 Å². The number of para-hydroxylation sites is 1. The number of hydrogen-bond acceptors (Lipinski definition) is 3. The van der Waals surface area contributed by atoms with Gasteiger partial charge < -0.3 is 0 Å². The zero-order chi connectivity index (χ0) is 14.8. The molecular weight excluding hydrogens is 280 g/mol. The molecule has 0 amide bonds. The van der Waals surface area contributed by atoms with Gasteiger partial charge in [0.05, 0.1) is 22.1 Å². The van der Waals surface area contributed by atoms with Crippen LogP contribution in [0.4, 0.5) is 0 Å². The molecule has 1 aromatic carbocycles. The molecule has 2 aromatic heterocycles. The summed E-state index contributed by atoms with van der Waals surface area (Å²) in [5.74, 6) is 0.458. The molecule has 3 rings (SSSR count). The monoisotopic (exact) mass is 296 g/mol. The quantitative estimate of drug-likeness (QED) is 0.742. The highest BCUT2D eigenvalue weighted by atomic mass is 32.2. The third-order valence-corrected chi connectivity index (χ3v) is 4.62. The van der Waals surface area contributed by atoms with Crippen LogP contribution in [0.2, 0.25) is 0 Å². The number of aromatic nitrogens is 2. The molecule has 0 unspecified atom stereocenters. The van der Waals surface area contributed by atoms with Crippen LogP contribution >= 0.6 is 0 Å². The van der Waals surface area contributed by atoms with E-state index in [1.165, 1.54) is 0 Å². The standard InChI is InChI=1S/C17H16N2OS/c1-12-7-8-17(18-10-12)21(20)11-14-9-13(2)19-16-6-4-3-5-15(14)16/h3-10H,11H2,1-2H3/t21-/m1/s1. The third kappa shape index (κ3) is 3.00. The van der Waals surface area contributed by atoms with Gasteiger partial charge in [-0.25, -0.2) is 4.98 Å². The molecule has 0 aliphatic heterocycles. The molecule has 4 heteroatoms. The minimum atomic E-state index is -1.15. The molecule has 0 aliphatic carbocycles. The lowest BCUT2D eigenvalue weighted by Crippen LogP contribution is -2.01. The number of rotatable bonds is 3. The first-order valence-electron chi connectivity index (χ1n) is 6.80. The predicted molar refractivity (Wildman–Crippen MR) is 85.6 cm³/mol. The van der Waals surface area contributed by atoms with Crippen molar-refractivity contribution in [1.29, 1.82) is 0 Å². The van der Waals surface area contributed by atoms with Crippen LogP contribution in [0.25, 0.3) is 10.9 Å². The maximum Gasteiger partial charge on any atom is 0.127 e. The lowest BCUT2D eigenvalue weighted by Gasteiger charge is -2.08. The van der Waals surface area contributed by atoms with Crippen LogP contribution in [0.1, 0.15) is 16.8 Å². The van der Waals surface area contributed by atoms with Gasteiger partial charge in [-0.15, -0.1) is 0 Å². The summed E-state index contributed by atoms with van der Waals surface area (Å²) in [6, 6.07) is 13.7. The van der Waals surface area contributed by atoms with Crippen LogP contribution in [0, 0.1) is 13.8 Å². The average molecular weight is 296 g/mol. The summed E-state index contributed by atoms with van der Waals surface area (Å²) in [5.41, 5.74) is 4.01. The van der Waals surface area contributed by atoms with Crippen molar-refractivity contribution in [3.05, 3.63) is 65.5 Å². The van der Waals surface area contributed by atoms with E-state index in [-0.39, 0.29) is 0 Å². The van der Waals surface area contributed by atoms with Crippen molar-refractivity contribution < 1.29 is 4.21 Å². The largest absolute Gasteiger partial charge is 0.253 e. The Hall–Kier alpha value is -2.07. The van der Waals surface area contributed by atoms with Gasteiger partial charge >= 0.3 is 0 Å². The Morgan fingerprint density at radius 2 is 1.90 bits per heavy atom. The number of nitrogens with zero attached hydrogens (tertiary/aromatic N) is 2. The predicted octanol–water partition coefficient (Wildman–Crippen LogP) is 3.55. The maximum absolute atomic E-state index is 12.5. The van der Waals surface area contributed by atoms with Crippen LogP contribution < -0.4 is 0 Å². The maximum atomic E-state index is 12.5. The smallest absolute Gasteiger partial charge is 0.127 e. The third-order valence-electron chi connectivity index (χ3n) is 3.33. The van der Waals surface area contributed by atoms with Crippen molar-refractivity contribution in [1.82, 2.24) is 9.97 Å². The SMILES string of the molecule is Cc1ccc([S@](=O)Cc2cc(C)nc3ccccc23)nc1. The lowest BCUT2D eigenvalue weighted by molar-refractivity contribution is 0.680. The van der Waals surface area contributed by atoms with Crippen LogP contribution in [-0.4, -0.2) is 14.2 Å². The fourth-order valence-electron chi connectivity index (χ4n) is 2.32. The topological polar surface area (TPSA) is 42.9 Å². The van der Waals surface area contributed by atoms with Gasteiger partial charge in [-0.2, -0.15) is 0 Å². The highest BCUT2D eigenvalue weighted by Gasteiger charge is 2.10. The Labute approximate surface area is 126 Å². The summed E-state index contributed by atoms with van der Waals surface area (Å²) < 4.78 is 12.5. The molecule has 0 radical (unpaired) electrons. The Kier molecular flexibility index (Phi) is 3.80. The van der Waals surface area contributed by atoms with Gasteiger partial charge in [-0.3, -0.25) is 9.19 Å². The van der Waals surface area contributed by atoms with Crippen molar-refractivity contribution in [2.45, 2.75) is 24.6 Å². The fraction of sp³-hybridized carbons (Fsp3) is 0.176. The number of pyridine rings is 2. The lowest BCUT2D eigenvalue weighted by atomic mass is 10.1. The zero-order valence-electron chi connectivity index (χ0n) is 12.0. The molecule has 3 aromatic rings. The van der Waals surface area contributed by atoms with Gasteiger partial charge in [0.25, 0.3) is 0 Å². The van der Waals surface area contributed by atoms with Crippen molar-refractivity contribution in [3.63, 3.8) is 0 Å². The first-order chi connectivity index (χ1) is 10.1. The molecule has 0 bridgehead atoms. The van der Waals surface area contributed by atoms with E-state index in [0.29, 0.717) is 10.8 Å². The molecule has 0 spiro atoms. The Bertz CT molecular complexity index is 813. The van der Waals surface area contributed by atoms with Crippen molar-refractivity contribution >= 4 is 21.7 Å². The van der Waals surface area contributed by atoms with Crippen molar-refractivity contribution in [2.75, 3.05) is 0 Å². The van der Waals surface area contributed by atoms with E-state index in [4.69, 9.17) is 0 Å². The van der Waals surface area contributed by atoms with Gasteiger partial charge in [-0.05, 0) is 43.2 Å². The average Bonchev–Trinajstić information content (AvgIpc) is 2.47. The molecule has 2 heterocycles. The molecule has 3 nitrogen and oxygen atoms in total. The summed E-state index contributed by atoms with van der Waals surface area (Å²) in [5, 5.41) is 1.68. The van der Waals surface area contributed by atoms with E-state index in [1.54, 1.807) is 6.20 Å². The molecule has 0 saturated carbocycles. The van der Waals surface area contributed by atoms with Crippen LogP contribution in [0.3, 0.4) is 0 Å². The number of benzene rings is 1. The molecule has 21 heavy (non-hydrogen) atoms. The van der Waals surface area contributed by atoms with Gasteiger partial charge in [0.1, 0.15) is 5.03 Å². The molecule has 0 aliphatic rings. The van der Waals surface area contributed by atoms with Crippen molar-refractivity contribution in [2.24, 2.45) is 0 Å². The summed E-state index contributed by atoms with van der Waals surface area (Å²) >= 11 is 0. The number of aryl methyl sites for hydroxylation is 2. The molecule has 0 N–H and O–H groups in total. The second-order valence-corrected chi connectivity index (χ2v) is 6.50. The molecule has 106 valence electrons. The second-order valence-electron chi connectivity index (χ2n) is 5.10. The zero-order valence-corrected chi connectivity index (χ0v) is 12.9. The highest BCUT2D eigenvalue weighted by Crippen LogP contribution is 2.21. The Morgan fingerprint density at radius 1 is 1.10 bits per heavy atom. The van der Waals surface area contributed by atoms with Gasteiger partial charge in [0, 0.05) is 17.3 Å². The van der Waals surface area contributed by atoms with E-state index in [2.05, 4.69) is 9.97 Å². The van der Waals surface area contributed by atoms with E-state index >= 15 is 0 Å². The molecule has 0 fully saturated rings. The van der Waals surface area contributed by atoms with E-state index in [9.17, 15) is 4.21 Å². The minimum Gasteiger partial charge on any atom is -0.253 e. The van der Waals surface area contributed by atoms with E-state index in [0.717, 1.165) is 27.7 Å². The highest BCUT2D eigenvalue weighted by molar-refractivity contribution is 7.84. The van der Waals surface area contributed by atoms with Crippen LogP contribution in [0.5, 0.6) is 0 Å². The van der Waals surface area contributed by atoms with E-state index in [1.807, 2.05) is 56.3 Å². The second kappa shape index (κ2) is 5.74. The van der Waals surface area contributed by atoms with Crippen LogP contribution in [0.15, 0.2) is 53.7 Å². The Morgan fingerprint density at radius 3 is 2.67 bits per heavy atom. The fourth-order valence-corrected chi connectivity index (χ4v) is 3.38. The van der Waals surface area contributed by atoms with Crippen LogP contribution in [-0.2, 0) is 16.6 Å². The summed E-state index contributed by atoms with van der Waals surface area (Å²) in [4.78, 5) is 8.77. The summed E-state index contributed by atoms with van der Waals surface area (Å²) in [6.07, 6.45) is 1.75. The molecule has 1 atom stereocenters. The molecule has 0 saturated heterocycles. The van der Waals surface area contributed by atoms with Crippen molar-refractivity contribution in [3.8, 4) is 0 Å². The molecular formula is C17H16N2OS. The number of fused-ring (bicyclic) bond motifs is 1. The van der Waals surface area contributed by atoms with Gasteiger partial charge in [0.15, 0.2) is 0 Å².